The van der Waals surface area contributed by atoms with E-state index < -0.39 is 0 Å². The first kappa shape index (κ1) is 24.0. The van der Waals surface area contributed by atoms with Crippen molar-refractivity contribution in [3.63, 3.8) is 0 Å². The lowest BCUT2D eigenvalue weighted by molar-refractivity contribution is 0.194. The van der Waals surface area contributed by atoms with Crippen LogP contribution < -0.4 is 5.48 Å². The summed E-state index contributed by atoms with van der Waals surface area (Å²) < 4.78 is 17.2. The van der Waals surface area contributed by atoms with E-state index in [0.29, 0.717) is 17.6 Å². The Morgan fingerprint density at radius 3 is 2.52 bits per heavy atom. The van der Waals surface area contributed by atoms with Crippen LogP contribution in [0.25, 0.3) is 17.1 Å². The molecule has 0 atom stereocenters. The minimum Gasteiger partial charge on any atom is -0.319 e. The Labute approximate surface area is 193 Å². The number of benzene rings is 2. The van der Waals surface area contributed by atoms with Gasteiger partial charge in [-0.3, -0.25) is 4.98 Å². The molecule has 4 rings (SSSR count). The molecule has 0 amide bonds. The summed E-state index contributed by atoms with van der Waals surface area (Å²) in [6, 6.07) is 17.7. The van der Waals surface area contributed by atoms with Gasteiger partial charge >= 0.3 is 0 Å². The fourth-order valence-electron chi connectivity index (χ4n) is 3.71. The number of hydroxylamine groups is 1. The molecule has 0 saturated heterocycles. The molecule has 0 saturated carbocycles. The van der Waals surface area contributed by atoms with Crippen LogP contribution in [0.15, 0.2) is 79.5 Å². The van der Waals surface area contributed by atoms with Gasteiger partial charge in [0.25, 0.3) is 0 Å². The summed E-state index contributed by atoms with van der Waals surface area (Å²) in [5.74, 6) is 0.597. The molecule has 170 valence electrons. The summed E-state index contributed by atoms with van der Waals surface area (Å²) in [4.78, 5) is 9.33. The Morgan fingerprint density at radius 1 is 1.12 bits per heavy atom. The largest absolute Gasteiger partial charge is 0.319 e. The Balaban J connectivity index is 0.000000968. The number of nitrogens with one attached hydrogen (secondary N) is 1. The van der Waals surface area contributed by atoms with Gasteiger partial charge in [0.05, 0.1) is 17.8 Å². The van der Waals surface area contributed by atoms with Crippen molar-refractivity contribution in [1.29, 1.82) is 0 Å². The van der Waals surface area contributed by atoms with E-state index in [4.69, 9.17) is 10.2 Å². The third-order valence-electron chi connectivity index (χ3n) is 5.28. The molecule has 0 spiro atoms. The van der Waals surface area contributed by atoms with Gasteiger partial charge in [-0.05, 0) is 48.2 Å². The number of allylic oxidation sites excluding steroid dienone is 2. The van der Waals surface area contributed by atoms with Crippen molar-refractivity contribution < 1.29 is 9.60 Å². The molecule has 33 heavy (non-hydrogen) atoms. The zero-order chi connectivity index (χ0) is 23.6. The number of hydrogen-bond acceptors (Lipinski definition) is 4. The summed E-state index contributed by atoms with van der Waals surface area (Å²) in [5, 5.41) is 7.32. The van der Waals surface area contributed by atoms with Gasteiger partial charge in [0.1, 0.15) is 17.2 Å². The molecule has 2 aromatic carbocycles. The van der Waals surface area contributed by atoms with Crippen molar-refractivity contribution >= 4 is 17.1 Å². The Kier molecular flexibility index (Phi) is 8.63. The third-order valence-corrected chi connectivity index (χ3v) is 5.28. The van der Waals surface area contributed by atoms with Crippen molar-refractivity contribution in [2.75, 3.05) is 7.05 Å². The maximum Gasteiger partial charge on any atom is 0.149 e. The topological polar surface area (TPSA) is 63.0 Å². The number of halogens is 1. The second kappa shape index (κ2) is 11.9. The summed E-state index contributed by atoms with van der Waals surface area (Å²) in [6.07, 6.45) is 8.70. The van der Waals surface area contributed by atoms with E-state index in [2.05, 4.69) is 23.7 Å². The molecule has 5 nitrogen and oxygen atoms in total. The van der Waals surface area contributed by atoms with E-state index >= 15 is 4.39 Å². The van der Waals surface area contributed by atoms with Gasteiger partial charge in [0, 0.05) is 19.7 Å². The fraction of sp³-hybridized carbons (Fsp3) is 0.185. The molecule has 0 aliphatic rings. The zero-order valence-electron chi connectivity index (χ0n) is 19.0. The number of rotatable bonds is 7. The van der Waals surface area contributed by atoms with Crippen LogP contribution in [0.5, 0.6) is 0 Å². The van der Waals surface area contributed by atoms with E-state index in [1.165, 1.54) is 12.6 Å². The fourth-order valence-corrected chi connectivity index (χ4v) is 3.71. The normalized spacial score (nSPS) is 10.9. The molecule has 0 aliphatic heterocycles. The van der Waals surface area contributed by atoms with Gasteiger partial charge in [-0.15, -0.1) is 0 Å². The summed E-state index contributed by atoms with van der Waals surface area (Å²) in [7, 11) is 1.43. The Bertz CT molecular complexity index is 1220. The monoisotopic (exact) mass is 444 g/mol. The SMILES string of the molecule is C=C/C=C/c1cc(F)c2c(nc(CCc3ccccc3)n2Cc2ccccn2)c1C.CNO. The Morgan fingerprint density at radius 2 is 1.85 bits per heavy atom. The van der Waals surface area contributed by atoms with Crippen LogP contribution in [-0.4, -0.2) is 26.8 Å². The minimum absolute atomic E-state index is 0.270. The van der Waals surface area contributed by atoms with E-state index in [1.54, 1.807) is 23.8 Å². The Hall–Kier alpha value is -3.61. The molecular formula is C27H29FN4O. The lowest BCUT2D eigenvalue weighted by Crippen LogP contribution is -2.08. The lowest BCUT2D eigenvalue weighted by Gasteiger charge is -2.10. The number of nitrogens with zero attached hydrogens (tertiary/aromatic N) is 3. The van der Waals surface area contributed by atoms with Crippen LogP contribution in [0.2, 0.25) is 0 Å². The number of fused-ring (bicyclic) bond motifs is 1. The highest BCUT2D eigenvalue weighted by Crippen LogP contribution is 2.28. The standard InChI is InChI=1S/C26H24FN3.CH5NO/c1-3-4-12-21-17-23(27)26-25(19(21)2)29-24(15-14-20-10-6-5-7-11-20)30(26)18-22-13-8-9-16-28-22;1-2-3/h3-13,16-17H,1,14-15,18H2,2H3;2-3H,1H3/b12-4+;. The number of aryl methyl sites for hydroxylation is 3. The molecule has 2 heterocycles. The van der Waals surface area contributed by atoms with Crippen molar-refractivity contribution in [1.82, 2.24) is 20.0 Å². The maximum atomic E-state index is 15.3. The molecule has 0 bridgehead atoms. The second-order valence-corrected chi connectivity index (χ2v) is 7.51. The first-order valence-corrected chi connectivity index (χ1v) is 10.8. The number of aromatic nitrogens is 3. The van der Waals surface area contributed by atoms with Crippen LogP contribution in [0.4, 0.5) is 4.39 Å². The van der Waals surface area contributed by atoms with Gasteiger partial charge in [0.2, 0.25) is 0 Å². The number of hydrogen-bond donors (Lipinski definition) is 2. The summed E-state index contributed by atoms with van der Waals surface area (Å²) >= 11 is 0. The van der Waals surface area contributed by atoms with Crippen molar-refractivity contribution in [2.24, 2.45) is 0 Å². The van der Waals surface area contributed by atoms with Crippen molar-refractivity contribution in [3.05, 3.63) is 114 Å². The van der Waals surface area contributed by atoms with Gasteiger partial charge in [-0.25, -0.2) is 14.9 Å². The molecule has 2 aromatic heterocycles. The summed E-state index contributed by atoms with van der Waals surface area (Å²) in [5.41, 5.74) is 6.89. The highest BCUT2D eigenvalue weighted by Gasteiger charge is 2.19. The molecule has 4 aromatic rings. The molecular weight excluding hydrogens is 415 g/mol. The van der Waals surface area contributed by atoms with Gasteiger partial charge in [-0.2, -0.15) is 0 Å². The molecule has 0 radical (unpaired) electrons. The van der Waals surface area contributed by atoms with Crippen LogP contribution in [-0.2, 0) is 19.4 Å². The second-order valence-electron chi connectivity index (χ2n) is 7.51. The smallest absolute Gasteiger partial charge is 0.149 e. The molecule has 0 unspecified atom stereocenters. The predicted molar refractivity (Wildman–Crippen MR) is 132 cm³/mol. The van der Waals surface area contributed by atoms with Crippen LogP contribution in [0.3, 0.4) is 0 Å². The first-order valence-electron chi connectivity index (χ1n) is 10.8. The van der Waals surface area contributed by atoms with Crippen LogP contribution >= 0.6 is 0 Å². The quantitative estimate of drug-likeness (QED) is 0.292. The van der Waals surface area contributed by atoms with Crippen molar-refractivity contribution in [2.45, 2.75) is 26.3 Å². The van der Waals surface area contributed by atoms with Gasteiger partial charge < -0.3 is 9.77 Å². The van der Waals surface area contributed by atoms with E-state index in [0.717, 1.165) is 35.5 Å². The van der Waals surface area contributed by atoms with Crippen LogP contribution in [0, 0.1) is 12.7 Å². The molecule has 0 fully saturated rings. The predicted octanol–water partition coefficient (Wildman–Crippen LogP) is 5.51. The highest BCUT2D eigenvalue weighted by molar-refractivity contribution is 5.84. The average Bonchev–Trinajstić information content (AvgIpc) is 3.20. The molecule has 2 N–H and O–H groups in total. The minimum atomic E-state index is -0.270. The van der Waals surface area contributed by atoms with Gasteiger partial charge in [0.15, 0.2) is 0 Å². The van der Waals surface area contributed by atoms with E-state index in [9.17, 15) is 0 Å². The van der Waals surface area contributed by atoms with E-state index in [-0.39, 0.29) is 5.82 Å². The highest BCUT2D eigenvalue weighted by atomic mass is 19.1. The van der Waals surface area contributed by atoms with Gasteiger partial charge in [-0.1, -0.05) is 61.2 Å². The zero-order valence-corrected chi connectivity index (χ0v) is 19.0. The maximum absolute atomic E-state index is 15.3. The van der Waals surface area contributed by atoms with Crippen LogP contribution in [0.1, 0.15) is 28.2 Å². The van der Waals surface area contributed by atoms with Crippen molar-refractivity contribution in [3.8, 4) is 0 Å². The van der Waals surface area contributed by atoms with E-state index in [1.807, 2.05) is 60.0 Å². The number of imidazole rings is 1. The lowest BCUT2D eigenvalue weighted by atomic mass is 10.1. The average molecular weight is 445 g/mol. The molecule has 0 aliphatic carbocycles. The third kappa shape index (κ3) is 6.00. The summed E-state index contributed by atoms with van der Waals surface area (Å²) in [6.45, 7) is 6.18. The molecule has 6 heteroatoms. The first-order chi connectivity index (χ1) is 16.1. The number of pyridine rings is 1.